The number of aliphatic hydroxyl groups excluding tert-OH is 1. The van der Waals surface area contributed by atoms with E-state index in [1.165, 1.54) is 0 Å². The van der Waals surface area contributed by atoms with Gasteiger partial charge in [-0.3, -0.25) is 9.59 Å². The van der Waals surface area contributed by atoms with Crippen molar-refractivity contribution in [3.8, 4) is 11.5 Å². The number of hydrogen-bond donors (Lipinski definition) is 3. The van der Waals surface area contributed by atoms with Crippen molar-refractivity contribution >= 4 is 11.8 Å². The fourth-order valence-corrected chi connectivity index (χ4v) is 5.67. The van der Waals surface area contributed by atoms with E-state index in [1.54, 1.807) is 18.2 Å². The first-order valence-electron chi connectivity index (χ1n) is 14.2. The third-order valence-electron chi connectivity index (χ3n) is 7.73. The van der Waals surface area contributed by atoms with Crippen LogP contribution in [0, 0.1) is 11.3 Å². The first kappa shape index (κ1) is 29.4. The molecule has 1 aliphatic carbocycles. The van der Waals surface area contributed by atoms with Gasteiger partial charge in [0.05, 0.1) is 11.5 Å². The molecule has 1 heterocycles. The van der Waals surface area contributed by atoms with Gasteiger partial charge >= 0.3 is 0 Å². The van der Waals surface area contributed by atoms with Crippen LogP contribution in [0.25, 0.3) is 0 Å². The standard InChI is InChI=1S/C32H41N3O5/c1-3-15-35(16-4-2)30(37)25-11-8-14-32(19-25,31(33)38)26(17-23-9-6-5-7-10-23)27(36)21-34-20-24-12-13-28-29(18-24)40-22-39-28/h5-14,18,26-27,34,36H,3-4,15-17,19-22H2,1-2H3,(H2,33,38)/t26-,27+,32?/m1/s1. The van der Waals surface area contributed by atoms with Crippen LogP contribution in [0.5, 0.6) is 11.5 Å². The number of allylic oxidation sites excluding steroid dienone is 2. The summed E-state index contributed by atoms with van der Waals surface area (Å²) in [5, 5.41) is 14.9. The summed E-state index contributed by atoms with van der Waals surface area (Å²) < 4.78 is 10.9. The molecule has 8 nitrogen and oxygen atoms in total. The van der Waals surface area contributed by atoms with Gasteiger partial charge in [0.15, 0.2) is 11.5 Å². The lowest BCUT2D eigenvalue weighted by atomic mass is 9.64. The summed E-state index contributed by atoms with van der Waals surface area (Å²) in [6, 6.07) is 15.5. The molecule has 0 radical (unpaired) electrons. The van der Waals surface area contributed by atoms with E-state index >= 15 is 0 Å². The quantitative estimate of drug-likeness (QED) is 0.332. The number of aliphatic hydroxyl groups is 1. The summed E-state index contributed by atoms with van der Waals surface area (Å²) >= 11 is 0. The number of fused-ring (bicyclic) bond motifs is 1. The Kier molecular flexibility index (Phi) is 10.0. The van der Waals surface area contributed by atoms with Crippen LogP contribution in [0.15, 0.2) is 72.3 Å². The minimum Gasteiger partial charge on any atom is -0.454 e. The minimum absolute atomic E-state index is 0.0763. The Morgan fingerprint density at radius 3 is 2.48 bits per heavy atom. The Bertz CT molecular complexity index is 1220. The lowest BCUT2D eigenvalue weighted by Crippen LogP contribution is -2.51. The van der Waals surface area contributed by atoms with Crippen LogP contribution in [-0.4, -0.2) is 54.4 Å². The maximum absolute atomic E-state index is 13.5. The van der Waals surface area contributed by atoms with Crippen LogP contribution in [0.1, 0.15) is 44.2 Å². The SMILES string of the molecule is CCCN(CCC)C(=O)C1=CC=CC(C(N)=O)([C@H](Cc2ccccc2)[C@@H](O)CNCc2ccc3c(c2)OCO3)C1. The summed E-state index contributed by atoms with van der Waals surface area (Å²) in [6.45, 7) is 6.33. The van der Waals surface area contributed by atoms with Gasteiger partial charge in [-0.2, -0.15) is 0 Å². The van der Waals surface area contributed by atoms with E-state index < -0.39 is 23.3 Å². The Hall–Kier alpha value is -3.62. The first-order valence-corrected chi connectivity index (χ1v) is 14.2. The van der Waals surface area contributed by atoms with Gasteiger partial charge in [0.1, 0.15) is 0 Å². The number of carbonyl (C=O) groups is 2. The van der Waals surface area contributed by atoms with Gasteiger partial charge in [0.25, 0.3) is 0 Å². The second kappa shape index (κ2) is 13.6. The zero-order valence-electron chi connectivity index (χ0n) is 23.5. The molecule has 0 fully saturated rings. The summed E-state index contributed by atoms with van der Waals surface area (Å²) in [5.41, 5.74) is 7.41. The average Bonchev–Trinajstić information content (AvgIpc) is 3.44. The second-order valence-corrected chi connectivity index (χ2v) is 10.6. The maximum Gasteiger partial charge on any atom is 0.249 e. The Balaban J connectivity index is 1.56. The topological polar surface area (TPSA) is 114 Å². The molecular weight excluding hydrogens is 506 g/mol. The molecule has 0 saturated carbocycles. The molecule has 0 bridgehead atoms. The molecule has 8 heteroatoms. The molecule has 0 aromatic heterocycles. The molecule has 214 valence electrons. The number of primary amides is 1. The van der Waals surface area contributed by atoms with Crippen LogP contribution in [-0.2, 0) is 22.6 Å². The number of hydrogen-bond acceptors (Lipinski definition) is 6. The van der Waals surface area contributed by atoms with Crippen molar-refractivity contribution in [1.29, 1.82) is 0 Å². The second-order valence-electron chi connectivity index (χ2n) is 10.6. The highest BCUT2D eigenvalue weighted by Crippen LogP contribution is 2.43. The number of nitrogens with zero attached hydrogens (tertiary/aromatic N) is 1. The number of amides is 2. The number of benzene rings is 2. The molecule has 1 unspecified atom stereocenters. The lowest BCUT2D eigenvalue weighted by Gasteiger charge is -2.41. The van der Waals surface area contributed by atoms with Crippen molar-refractivity contribution in [1.82, 2.24) is 10.2 Å². The van der Waals surface area contributed by atoms with Crippen molar-refractivity contribution in [2.45, 2.75) is 52.2 Å². The monoisotopic (exact) mass is 547 g/mol. The van der Waals surface area contributed by atoms with Gasteiger partial charge in [0, 0.05) is 37.7 Å². The van der Waals surface area contributed by atoms with E-state index in [1.807, 2.05) is 67.3 Å². The Morgan fingerprint density at radius 1 is 1.05 bits per heavy atom. The van der Waals surface area contributed by atoms with Crippen molar-refractivity contribution in [2.75, 3.05) is 26.4 Å². The number of nitrogens with one attached hydrogen (secondary N) is 1. The zero-order valence-corrected chi connectivity index (χ0v) is 23.5. The molecule has 2 aliphatic rings. The van der Waals surface area contributed by atoms with Crippen molar-refractivity contribution in [3.05, 3.63) is 83.5 Å². The lowest BCUT2D eigenvalue weighted by molar-refractivity contribution is -0.132. The van der Waals surface area contributed by atoms with Crippen LogP contribution in [0.4, 0.5) is 0 Å². The number of rotatable bonds is 14. The maximum atomic E-state index is 13.5. The molecule has 4 rings (SSSR count). The zero-order chi connectivity index (χ0) is 28.5. The fourth-order valence-electron chi connectivity index (χ4n) is 5.67. The summed E-state index contributed by atoms with van der Waals surface area (Å²) in [6.07, 6.45) is 6.68. The van der Waals surface area contributed by atoms with E-state index in [0.29, 0.717) is 43.1 Å². The van der Waals surface area contributed by atoms with E-state index in [-0.39, 0.29) is 25.7 Å². The largest absolute Gasteiger partial charge is 0.454 e. The van der Waals surface area contributed by atoms with Crippen LogP contribution < -0.4 is 20.5 Å². The highest BCUT2D eigenvalue weighted by Gasteiger charge is 2.47. The van der Waals surface area contributed by atoms with Gasteiger partial charge in [-0.15, -0.1) is 0 Å². The molecular formula is C32H41N3O5. The van der Waals surface area contributed by atoms with Gasteiger partial charge < -0.3 is 30.5 Å². The van der Waals surface area contributed by atoms with Crippen molar-refractivity contribution in [2.24, 2.45) is 17.1 Å². The average molecular weight is 548 g/mol. The van der Waals surface area contributed by atoms with Crippen LogP contribution >= 0.6 is 0 Å². The molecule has 2 aromatic carbocycles. The summed E-state index contributed by atoms with van der Waals surface area (Å²) in [7, 11) is 0. The van der Waals surface area contributed by atoms with E-state index in [0.717, 1.165) is 24.0 Å². The molecule has 2 aromatic rings. The summed E-state index contributed by atoms with van der Waals surface area (Å²) in [4.78, 5) is 28.6. The first-order chi connectivity index (χ1) is 19.4. The van der Waals surface area contributed by atoms with Gasteiger partial charge in [0.2, 0.25) is 18.6 Å². The highest BCUT2D eigenvalue weighted by molar-refractivity contribution is 5.96. The predicted octanol–water partition coefficient (Wildman–Crippen LogP) is 3.73. The van der Waals surface area contributed by atoms with E-state index in [9.17, 15) is 14.7 Å². The smallest absolute Gasteiger partial charge is 0.249 e. The molecule has 4 N–H and O–H groups in total. The highest BCUT2D eigenvalue weighted by atomic mass is 16.7. The molecule has 40 heavy (non-hydrogen) atoms. The van der Waals surface area contributed by atoms with Crippen molar-refractivity contribution < 1.29 is 24.2 Å². The molecule has 0 spiro atoms. The van der Waals surface area contributed by atoms with Gasteiger partial charge in [-0.1, -0.05) is 68.5 Å². The third-order valence-corrected chi connectivity index (χ3v) is 7.73. The third kappa shape index (κ3) is 6.74. The number of ether oxygens (including phenoxy) is 2. The molecule has 1 aliphatic heterocycles. The Labute approximate surface area is 236 Å². The van der Waals surface area contributed by atoms with Crippen LogP contribution in [0.3, 0.4) is 0 Å². The van der Waals surface area contributed by atoms with E-state index in [4.69, 9.17) is 15.2 Å². The predicted molar refractivity (Wildman–Crippen MR) is 155 cm³/mol. The molecule has 3 atom stereocenters. The number of carbonyl (C=O) groups excluding carboxylic acids is 2. The van der Waals surface area contributed by atoms with Crippen molar-refractivity contribution in [3.63, 3.8) is 0 Å². The summed E-state index contributed by atoms with van der Waals surface area (Å²) in [5.74, 6) is 0.234. The number of nitrogens with two attached hydrogens (primary N) is 1. The van der Waals surface area contributed by atoms with Gasteiger partial charge in [-0.25, -0.2) is 0 Å². The van der Waals surface area contributed by atoms with E-state index in [2.05, 4.69) is 5.32 Å². The van der Waals surface area contributed by atoms with Crippen LogP contribution in [0.2, 0.25) is 0 Å². The normalized spacial score (nSPS) is 19.1. The Morgan fingerprint density at radius 2 is 1.77 bits per heavy atom. The van der Waals surface area contributed by atoms with Gasteiger partial charge in [-0.05, 0) is 48.9 Å². The molecule has 0 saturated heterocycles. The molecule has 2 amide bonds. The fraction of sp³-hybridized carbons (Fsp3) is 0.438. The minimum atomic E-state index is -1.22.